The molecule has 2 aromatic carbocycles. The van der Waals surface area contributed by atoms with E-state index in [2.05, 4.69) is 0 Å². The highest BCUT2D eigenvalue weighted by molar-refractivity contribution is 7.12. The fourth-order valence-corrected chi connectivity index (χ4v) is 4.04. The molecule has 0 saturated heterocycles. The van der Waals surface area contributed by atoms with Gasteiger partial charge in [0, 0.05) is 6.54 Å². The molecule has 0 aliphatic carbocycles. The Labute approximate surface area is 165 Å². The van der Waals surface area contributed by atoms with Crippen LogP contribution in [0, 0.1) is 5.82 Å². The highest BCUT2D eigenvalue weighted by atomic mass is 32.1. The van der Waals surface area contributed by atoms with Gasteiger partial charge in [0.15, 0.2) is 5.76 Å². The second-order valence-corrected chi connectivity index (χ2v) is 7.39. The smallest absolute Gasteiger partial charge is 0.290 e. The van der Waals surface area contributed by atoms with Crippen molar-refractivity contribution in [1.82, 2.24) is 4.90 Å². The van der Waals surface area contributed by atoms with Crippen LogP contribution in [0.25, 0.3) is 0 Å². The number of hydrogen-bond donors (Lipinski definition) is 1. The number of rotatable bonds is 5. The molecule has 2 heterocycles. The number of hydrogen-bond acceptors (Lipinski definition) is 4. The van der Waals surface area contributed by atoms with Crippen molar-refractivity contribution in [1.29, 1.82) is 0 Å². The van der Waals surface area contributed by atoms with Gasteiger partial charge >= 0.3 is 0 Å². The normalized spacial score (nSPS) is 16.7. The largest absolute Gasteiger partial charge is 0.503 e. The average Bonchev–Trinajstić information content (AvgIpc) is 3.33. The average molecular weight is 393 g/mol. The van der Waals surface area contributed by atoms with Crippen LogP contribution >= 0.6 is 11.3 Å². The summed E-state index contributed by atoms with van der Waals surface area (Å²) < 4.78 is 13.4. The van der Waals surface area contributed by atoms with E-state index in [0.717, 1.165) is 5.56 Å². The Bertz CT molecular complexity index is 1040. The molecule has 3 aromatic rings. The van der Waals surface area contributed by atoms with Crippen LogP contribution in [0.2, 0.25) is 0 Å². The number of carbonyl (C=O) groups is 2. The van der Waals surface area contributed by atoms with Gasteiger partial charge in [-0.15, -0.1) is 11.3 Å². The Morgan fingerprint density at radius 1 is 1.04 bits per heavy atom. The fourth-order valence-electron chi connectivity index (χ4n) is 3.36. The van der Waals surface area contributed by atoms with Crippen molar-refractivity contribution in [3.8, 4) is 0 Å². The first-order valence-electron chi connectivity index (χ1n) is 8.68. The second-order valence-electron chi connectivity index (χ2n) is 6.44. The summed E-state index contributed by atoms with van der Waals surface area (Å²) in [5, 5.41) is 12.3. The third-order valence-corrected chi connectivity index (χ3v) is 5.54. The molecule has 0 saturated carbocycles. The summed E-state index contributed by atoms with van der Waals surface area (Å²) in [6, 6.07) is 17.5. The van der Waals surface area contributed by atoms with Crippen LogP contribution in [-0.2, 0) is 11.3 Å². The summed E-state index contributed by atoms with van der Waals surface area (Å²) in [6.07, 6.45) is 0. The maximum atomic E-state index is 13.4. The topological polar surface area (TPSA) is 57.6 Å². The van der Waals surface area contributed by atoms with E-state index in [1.54, 1.807) is 17.5 Å². The van der Waals surface area contributed by atoms with Gasteiger partial charge in [0.25, 0.3) is 5.91 Å². The van der Waals surface area contributed by atoms with Crippen molar-refractivity contribution in [3.05, 3.63) is 105 Å². The maximum Gasteiger partial charge on any atom is 0.290 e. The molecule has 6 heteroatoms. The zero-order valence-electron chi connectivity index (χ0n) is 14.7. The number of carbonyl (C=O) groups excluding carboxylic acids is 2. The van der Waals surface area contributed by atoms with E-state index in [4.69, 9.17) is 0 Å². The first-order chi connectivity index (χ1) is 13.6. The van der Waals surface area contributed by atoms with Gasteiger partial charge in [-0.1, -0.05) is 48.5 Å². The van der Waals surface area contributed by atoms with Gasteiger partial charge < -0.3 is 10.0 Å². The first kappa shape index (κ1) is 18.1. The minimum absolute atomic E-state index is 0.0231. The van der Waals surface area contributed by atoms with Crippen molar-refractivity contribution < 1.29 is 19.1 Å². The highest BCUT2D eigenvalue weighted by Crippen LogP contribution is 2.40. The lowest BCUT2D eigenvalue weighted by atomic mass is 9.95. The first-order valence-corrected chi connectivity index (χ1v) is 9.56. The molecule has 140 valence electrons. The summed E-state index contributed by atoms with van der Waals surface area (Å²) in [4.78, 5) is 27.8. The van der Waals surface area contributed by atoms with Gasteiger partial charge in [-0.3, -0.25) is 9.59 Å². The van der Waals surface area contributed by atoms with E-state index in [0.29, 0.717) is 10.4 Å². The summed E-state index contributed by atoms with van der Waals surface area (Å²) in [5.74, 6) is -1.98. The maximum absolute atomic E-state index is 13.4. The van der Waals surface area contributed by atoms with Crippen LogP contribution in [0.15, 0.2) is 83.4 Å². The van der Waals surface area contributed by atoms with Crippen molar-refractivity contribution in [2.45, 2.75) is 12.6 Å². The van der Waals surface area contributed by atoms with E-state index in [1.807, 2.05) is 30.3 Å². The second kappa shape index (κ2) is 7.40. The van der Waals surface area contributed by atoms with Crippen LogP contribution < -0.4 is 0 Å². The number of thiophene rings is 1. The predicted molar refractivity (Wildman–Crippen MR) is 104 cm³/mol. The monoisotopic (exact) mass is 393 g/mol. The Kier molecular flexibility index (Phi) is 4.79. The molecule has 4 nitrogen and oxygen atoms in total. The number of halogens is 1. The highest BCUT2D eigenvalue weighted by Gasteiger charge is 2.43. The number of benzene rings is 2. The lowest BCUT2D eigenvalue weighted by Gasteiger charge is -2.27. The molecule has 0 fully saturated rings. The molecule has 1 N–H and O–H groups in total. The Balaban J connectivity index is 1.79. The Morgan fingerprint density at radius 3 is 2.39 bits per heavy atom. The van der Waals surface area contributed by atoms with E-state index >= 15 is 0 Å². The number of Topliss-reactive ketones (excluding diaryl/α,β-unsaturated/α-hetero) is 1. The molecule has 28 heavy (non-hydrogen) atoms. The molecule has 4 rings (SSSR count). The molecular weight excluding hydrogens is 377 g/mol. The Hall–Kier alpha value is -3.25. The van der Waals surface area contributed by atoms with Crippen LogP contribution in [0.5, 0.6) is 0 Å². The van der Waals surface area contributed by atoms with Gasteiger partial charge in [-0.05, 0) is 34.7 Å². The van der Waals surface area contributed by atoms with Gasteiger partial charge in [0.1, 0.15) is 5.82 Å². The summed E-state index contributed by atoms with van der Waals surface area (Å²) in [5.41, 5.74) is 1.45. The molecule has 0 radical (unpaired) electrons. The molecule has 1 aliphatic heterocycles. The van der Waals surface area contributed by atoms with E-state index in [-0.39, 0.29) is 12.1 Å². The third-order valence-electron chi connectivity index (χ3n) is 4.67. The quantitative estimate of drug-likeness (QED) is 0.641. The van der Waals surface area contributed by atoms with Gasteiger partial charge in [0.2, 0.25) is 5.78 Å². The van der Waals surface area contributed by atoms with Crippen LogP contribution in [0.3, 0.4) is 0 Å². The SMILES string of the molecule is O=C(C1=C(O)C(=O)N(Cc2ccccc2)C1c1ccc(F)cc1)c1cccs1. The number of nitrogens with zero attached hydrogens (tertiary/aromatic N) is 1. The minimum Gasteiger partial charge on any atom is -0.503 e. The van der Waals surface area contributed by atoms with Crippen molar-refractivity contribution in [2.24, 2.45) is 0 Å². The molecule has 1 aromatic heterocycles. The molecule has 1 unspecified atom stereocenters. The number of amides is 1. The minimum atomic E-state index is -0.789. The number of aliphatic hydroxyl groups excluding tert-OH is 1. The zero-order chi connectivity index (χ0) is 19.7. The van der Waals surface area contributed by atoms with Gasteiger partial charge in [-0.25, -0.2) is 4.39 Å². The number of ketones is 1. The van der Waals surface area contributed by atoms with Gasteiger partial charge in [0.05, 0.1) is 16.5 Å². The van der Waals surface area contributed by atoms with Crippen molar-refractivity contribution in [3.63, 3.8) is 0 Å². The van der Waals surface area contributed by atoms with E-state index in [9.17, 15) is 19.1 Å². The number of aliphatic hydroxyl groups is 1. The van der Waals surface area contributed by atoms with Crippen molar-refractivity contribution >= 4 is 23.0 Å². The fraction of sp³-hybridized carbons (Fsp3) is 0.0909. The molecule has 0 spiro atoms. The summed E-state index contributed by atoms with van der Waals surface area (Å²) >= 11 is 1.24. The van der Waals surface area contributed by atoms with Crippen LogP contribution in [-0.4, -0.2) is 21.7 Å². The lowest BCUT2D eigenvalue weighted by molar-refractivity contribution is -0.130. The lowest BCUT2D eigenvalue weighted by Crippen LogP contribution is -2.30. The molecule has 1 atom stereocenters. The third kappa shape index (κ3) is 3.23. The molecular formula is C22H16FNO3S. The van der Waals surface area contributed by atoms with Gasteiger partial charge in [-0.2, -0.15) is 0 Å². The molecule has 1 aliphatic rings. The van der Waals surface area contributed by atoms with E-state index in [1.165, 1.54) is 40.5 Å². The Morgan fingerprint density at radius 2 is 1.75 bits per heavy atom. The molecule has 0 bridgehead atoms. The van der Waals surface area contributed by atoms with Crippen molar-refractivity contribution in [2.75, 3.05) is 0 Å². The predicted octanol–water partition coefficient (Wildman–Crippen LogP) is 4.67. The summed E-state index contributed by atoms with van der Waals surface area (Å²) in [7, 11) is 0. The van der Waals surface area contributed by atoms with Crippen LogP contribution in [0.4, 0.5) is 4.39 Å². The summed E-state index contributed by atoms with van der Waals surface area (Å²) in [6.45, 7) is 0.215. The van der Waals surface area contributed by atoms with E-state index < -0.39 is 29.3 Å². The molecule has 1 amide bonds. The zero-order valence-corrected chi connectivity index (χ0v) is 15.5. The standard InChI is InChI=1S/C22H16FNO3S/c23-16-10-8-15(9-11-16)19-18(20(25)17-7-4-12-28-17)21(26)22(27)24(19)13-14-5-2-1-3-6-14/h1-12,19,26H,13H2. The van der Waals surface area contributed by atoms with Crippen LogP contribution in [0.1, 0.15) is 26.8 Å².